The first kappa shape index (κ1) is 15.8. The van der Waals surface area contributed by atoms with Crippen LogP contribution in [0.25, 0.3) is 0 Å². The summed E-state index contributed by atoms with van der Waals surface area (Å²) >= 11 is 12.0. The molecule has 0 aliphatic carbocycles. The first-order valence-corrected chi connectivity index (χ1v) is 6.63. The topological polar surface area (TPSA) is 21.3 Å². The highest BCUT2D eigenvalue weighted by atomic mass is 35.5. The van der Waals surface area contributed by atoms with Crippen molar-refractivity contribution in [1.82, 2.24) is 0 Å². The molecule has 0 unspecified atom stereocenters. The summed E-state index contributed by atoms with van der Waals surface area (Å²) in [5, 5.41) is 4.07. The summed E-state index contributed by atoms with van der Waals surface area (Å²) in [5.74, 6) is -0.274. The van der Waals surface area contributed by atoms with Crippen molar-refractivity contribution in [3.8, 4) is 5.75 Å². The van der Waals surface area contributed by atoms with Crippen molar-refractivity contribution in [1.29, 1.82) is 0 Å². The van der Waals surface area contributed by atoms with E-state index in [0.29, 0.717) is 22.3 Å². The number of ether oxygens (including phenoxy) is 1. The summed E-state index contributed by atoms with van der Waals surface area (Å²) < 4.78 is 39.9. The molecule has 0 heterocycles. The third kappa shape index (κ3) is 4.72. The normalized spacial score (nSPS) is 11.3. The van der Waals surface area contributed by atoms with Crippen LogP contribution in [0, 0.1) is 0 Å². The fourth-order valence-corrected chi connectivity index (χ4v) is 2.20. The van der Waals surface area contributed by atoms with E-state index in [9.17, 15) is 13.2 Å². The second-order valence-corrected chi connectivity index (χ2v) is 4.94. The van der Waals surface area contributed by atoms with Crippen molar-refractivity contribution >= 4 is 28.9 Å². The summed E-state index contributed by atoms with van der Waals surface area (Å²) in [4.78, 5) is 0. The SMILES string of the molecule is FC(F)(F)Oc1ccc(NCc2c(Cl)cccc2Cl)cc1. The lowest BCUT2D eigenvalue weighted by Crippen LogP contribution is -2.17. The molecule has 0 bridgehead atoms. The van der Waals surface area contributed by atoms with E-state index in [1.165, 1.54) is 24.3 Å². The van der Waals surface area contributed by atoms with Crippen LogP contribution < -0.4 is 10.1 Å². The van der Waals surface area contributed by atoms with Gasteiger partial charge in [-0.3, -0.25) is 0 Å². The number of hydrogen-bond donors (Lipinski definition) is 1. The van der Waals surface area contributed by atoms with Crippen LogP contribution in [0.2, 0.25) is 10.0 Å². The average molecular weight is 336 g/mol. The van der Waals surface area contributed by atoms with Crippen LogP contribution in [0.1, 0.15) is 5.56 Å². The van der Waals surface area contributed by atoms with Gasteiger partial charge in [0.2, 0.25) is 0 Å². The highest BCUT2D eigenvalue weighted by molar-refractivity contribution is 6.36. The number of rotatable bonds is 4. The molecule has 1 N–H and O–H groups in total. The average Bonchev–Trinajstić information content (AvgIpc) is 2.38. The van der Waals surface area contributed by atoms with Gasteiger partial charge in [-0.1, -0.05) is 29.3 Å². The Balaban J connectivity index is 2.01. The fourth-order valence-electron chi connectivity index (χ4n) is 1.67. The van der Waals surface area contributed by atoms with E-state index in [1.54, 1.807) is 18.2 Å². The summed E-state index contributed by atoms with van der Waals surface area (Å²) in [5.41, 5.74) is 1.34. The molecule has 0 aliphatic rings. The largest absolute Gasteiger partial charge is 0.573 e. The monoisotopic (exact) mass is 335 g/mol. The van der Waals surface area contributed by atoms with Gasteiger partial charge in [0.1, 0.15) is 5.75 Å². The number of halogens is 5. The molecule has 2 rings (SSSR count). The molecular formula is C14H10Cl2F3NO. The summed E-state index contributed by atoms with van der Waals surface area (Å²) in [6.07, 6.45) is -4.69. The highest BCUT2D eigenvalue weighted by Crippen LogP contribution is 2.27. The predicted octanol–water partition coefficient (Wildman–Crippen LogP) is 5.50. The van der Waals surface area contributed by atoms with Gasteiger partial charge in [0.05, 0.1) is 0 Å². The standard InChI is InChI=1S/C14H10Cl2F3NO/c15-12-2-1-3-13(16)11(12)8-20-9-4-6-10(7-5-9)21-14(17,18)19/h1-7,20H,8H2. The Morgan fingerprint density at radius 3 is 2.05 bits per heavy atom. The minimum Gasteiger partial charge on any atom is -0.406 e. The number of nitrogens with one attached hydrogen (secondary N) is 1. The van der Waals surface area contributed by atoms with Crippen molar-refractivity contribution < 1.29 is 17.9 Å². The van der Waals surface area contributed by atoms with Gasteiger partial charge in [0, 0.05) is 27.8 Å². The lowest BCUT2D eigenvalue weighted by Gasteiger charge is -2.11. The van der Waals surface area contributed by atoms with Crippen LogP contribution in [0.5, 0.6) is 5.75 Å². The molecule has 2 aromatic carbocycles. The van der Waals surface area contributed by atoms with Gasteiger partial charge in [0.25, 0.3) is 0 Å². The minimum atomic E-state index is -4.69. The molecular weight excluding hydrogens is 326 g/mol. The fraction of sp³-hybridized carbons (Fsp3) is 0.143. The zero-order valence-corrected chi connectivity index (χ0v) is 12.1. The third-order valence-corrected chi connectivity index (χ3v) is 3.33. The quantitative estimate of drug-likeness (QED) is 0.796. The Hall–Kier alpha value is -1.59. The second kappa shape index (κ2) is 6.45. The van der Waals surface area contributed by atoms with Crippen LogP contribution in [0.15, 0.2) is 42.5 Å². The van der Waals surface area contributed by atoms with E-state index in [-0.39, 0.29) is 5.75 Å². The van der Waals surface area contributed by atoms with Crippen LogP contribution in [0.3, 0.4) is 0 Å². The second-order valence-electron chi connectivity index (χ2n) is 4.13. The van der Waals surface area contributed by atoms with E-state index < -0.39 is 6.36 Å². The maximum absolute atomic E-state index is 12.0. The van der Waals surface area contributed by atoms with Gasteiger partial charge >= 0.3 is 6.36 Å². The molecule has 7 heteroatoms. The van der Waals surface area contributed by atoms with Gasteiger partial charge in [-0.15, -0.1) is 13.2 Å². The van der Waals surface area contributed by atoms with Crippen LogP contribution in [0.4, 0.5) is 18.9 Å². The first-order valence-electron chi connectivity index (χ1n) is 5.88. The van der Waals surface area contributed by atoms with Crippen LogP contribution >= 0.6 is 23.2 Å². The highest BCUT2D eigenvalue weighted by Gasteiger charge is 2.30. The molecule has 112 valence electrons. The number of anilines is 1. The van der Waals surface area contributed by atoms with E-state index in [2.05, 4.69) is 10.1 Å². The molecule has 0 saturated heterocycles. The molecule has 2 nitrogen and oxygen atoms in total. The van der Waals surface area contributed by atoms with E-state index >= 15 is 0 Å². The lowest BCUT2D eigenvalue weighted by molar-refractivity contribution is -0.274. The van der Waals surface area contributed by atoms with Crippen molar-refractivity contribution in [2.75, 3.05) is 5.32 Å². The Labute approximate surface area is 129 Å². The van der Waals surface area contributed by atoms with Crippen molar-refractivity contribution in [3.63, 3.8) is 0 Å². The van der Waals surface area contributed by atoms with Gasteiger partial charge < -0.3 is 10.1 Å². The molecule has 0 saturated carbocycles. The lowest BCUT2D eigenvalue weighted by atomic mass is 10.2. The third-order valence-electron chi connectivity index (χ3n) is 2.62. The smallest absolute Gasteiger partial charge is 0.406 e. The zero-order chi connectivity index (χ0) is 15.5. The Kier molecular flexibility index (Phi) is 4.85. The molecule has 0 aromatic heterocycles. The van der Waals surface area contributed by atoms with Gasteiger partial charge in [-0.2, -0.15) is 0 Å². The summed E-state index contributed by atoms with van der Waals surface area (Å²) in [7, 11) is 0. The number of hydrogen-bond acceptors (Lipinski definition) is 2. The molecule has 2 aromatic rings. The summed E-state index contributed by atoms with van der Waals surface area (Å²) in [6.45, 7) is 0.359. The van der Waals surface area contributed by atoms with E-state index in [0.717, 1.165) is 5.56 Å². The first-order chi connectivity index (χ1) is 9.85. The van der Waals surface area contributed by atoms with Gasteiger partial charge in [0.15, 0.2) is 0 Å². The molecule has 0 spiro atoms. The van der Waals surface area contributed by atoms with E-state index in [4.69, 9.17) is 23.2 Å². The predicted molar refractivity (Wildman–Crippen MR) is 76.9 cm³/mol. The van der Waals surface area contributed by atoms with Gasteiger partial charge in [-0.25, -0.2) is 0 Å². The van der Waals surface area contributed by atoms with E-state index in [1.807, 2.05) is 0 Å². The maximum Gasteiger partial charge on any atom is 0.573 e. The maximum atomic E-state index is 12.0. The molecule has 0 atom stereocenters. The van der Waals surface area contributed by atoms with Crippen LogP contribution in [-0.4, -0.2) is 6.36 Å². The molecule has 0 amide bonds. The van der Waals surface area contributed by atoms with Crippen LogP contribution in [-0.2, 0) is 6.54 Å². The Morgan fingerprint density at radius 1 is 0.952 bits per heavy atom. The Bertz CT molecular complexity index is 594. The van der Waals surface area contributed by atoms with Crippen molar-refractivity contribution in [2.24, 2.45) is 0 Å². The summed E-state index contributed by atoms with van der Waals surface area (Å²) in [6, 6.07) is 10.6. The van der Waals surface area contributed by atoms with Crippen molar-refractivity contribution in [3.05, 3.63) is 58.1 Å². The number of alkyl halides is 3. The number of benzene rings is 2. The Morgan fingerprint density at radius 2 is 1.52 bits per heavy atom. The molecule has 0 fully saturated rings. The molecule has 0 aliphatic heterocycles. The van der Waals surface area contributed by atoms with Crippen molar-refractivity contribution in [2.45, 2.75) is 12.9 Å². The van der Waals surface area contributed by atoms with Gasteiger partial charge in [-0.05, 0) is 36.4 Å². The molecule has 21 heavy (non-hydrogen) atoms. The molecule has 0 radical (unpaired) electrons. The minimum absolute atomic E-state index is 0.274. The zero-order valence-electron chi connectivity index (χ0n) is 10.5.